The summed E-state index contributed by atoms with van der Waals surface area (Å²) in [5.74, 6) is 0.698. The average Bonchev–Trinajstić information content (AvgIpc) is 2.54. The summed E-state index contributed by atoms with van der Waals surface area (Å²) >= 11 is 0. The third-order valence-corrected chi connectivity index (χ3v) is 3.21. The molecule has 0 aliphatic carbocycles. The Bertz CT molecular complexity index is 727. The Hall–Kier alpha value is -2.89. The zero-order valence-electron chi connectivity index (χ0n) is 12.9. The van der Waals surface area contributed by atoms with Gasteiger partial charge in [-0.15, -0.1) is 0 Å². The standard InChI is InChI=1S/C17H17NO5/c1-3-22-16-9-8-13(12(2)19)10-14(16)11-23-17-7-5-4-6-15(17)18(20)21/h4-10H,3,11H2,1-2H3. The number of nitro groups is 1. The zero-order chi connectivity index (χ0) is 16.8. The average molecular weight is 315 g/mol. The van der Waals surface area contributed by atoms with E-state index in [-0.39, 0.29) is 23.8 Å². The number of ether oxygens (including phenoxy) is 2. The number of hydrogen-bond donors (Lipinski definition) is 0. The van der Waals surface area contributed by atoms with Crippen LogP contribution in [0.3, 0.4) is 0 Å². The molecule has 0 bridgehead atoms. The van der Waals surface area contributed by atoms with Gasteiger partial charge in [0.2, 0.25) is 0 Å². The van der Waals surface area contributed by atoms with Crippen molar-refractivity contribution in [3.63, 3.8) is 0 Å². The number of benzene rings is 2. The maximum atomic E-state index is 11.5. The van der Waals surface area contributed by atoms with Crippen LogP contribution in [0.1, 0.15) is 29.8 Å². The number of carbonyl (C=O) groups excluding carboxylic acids is 1. The van der Waals surface area contributed by atoms with Crippen molar-refractivity contribution in [2.75, 3.05) is 6.61 Å². The van der Waals surface area contributed by atoms with Crippen molar-refractivity contribution in [3.05, 3.63) is 63.7 Å². The topological polar surface area (TPSA) is 78.7 Å². The Morgan fingerprint density at radius 2 is 1.87 bits per heavy atom. The third kappa shape index (κ3) is 4.06. The van der Waals surface area contributed by atoms with Crippen molar-refractivity contribution >= 4 is 11.5 Å². The Morgan fingerprint density at radius 3 is 2.52 bits per heavy atom. The van der Waals surface area contributed by atoms with Gasteiger partial charge < -0.3 is 9.47 Å². The van der Waals surface area contributed by atoms with E-state index in [1.807, 2.05) is 6.92 Å². The highest BCUT2D eigenvalue weighted by Crippen LogP contribution is 2.28. The van der Waals surface area contributed by atoms with Crippen molar-refractivity contribution in [1.29, 1.82) is 0 Å². The molecule has 0 aliphatic rings. The van der Waals surface area contributed by atoms with E-state index in [2.05, 4.69) is 0 Å². The summed E-state index contributed by atoms with van der Waals surface area (Å²) in [5.41, 5.74) is 1.10. The van der Waals surface area contributed by atoms with E-state index in [9.17, 15) is 14.9 Å². The maximum absolute atomic E-state index is 11.5. The lowest BCUT2D eigenvalue weighted by atomic mass is 10.1. The fourth-order valence-electron chi connectivity index (χ4n) is 2.09. The van der Waals surface area contributed by atoms with Crippen LogP contribution in [-0.2, 0) is 6.61 Å². The second-order valence-corrected chi connectivity index (χ2v) is 4.83. The minimum atomic E-state index is -0.495. The monoisotopic (exact) mass is 315 g/mol. The van der Waals surface area contributed by atoms with E-state index in [1.165, 1.54) is 19.1 Å². The minimum Gasteiger partial charge on any atom is -0.493 e. The lowest BCUT2D eigenvalue weighted by Crippen LogP contribution is -2.04. The maximum Gasteiger partial charge on any atom is 0.310 e. The molecule has 0 radical (unpaired) electrons. The first kappa shape index (κ1) is 16.5. The van der Waals surface area contributed by atoms with Gasteiger partial charge in [0, 0.05) is 17.2 Å². The number of Topliss-reactive ketones (excluding diaryl/α,β-unsaturated/α-hetero) is 1. The number of carbonyl (C=O) groups is 1. The molecule has 0 amide bonds. The van der Waals surface area contributed by atoms with Crippen LogP contribution in [0.25, 0.3) is 0 Å². The number of nitro benzene ring substituents is 1. The molecule has 0 saturated heterocycles. The molecule has 0 spiro atoms. The first-order valence-corrected chi connectivity index (χ1v) is 7.15. The first-order chi connectivity index (χ1) is 11.0. The van der Waals surface area contributed by atoms with Crippen molar-refractivity contribution in [2.45, 2.75) is 20.5 Å². The molecule has 0 atom stereocenters. The molecular weight excluding hydrogens is 298 g/mol. The van der Waals surface area contributed by atoms with Gasteiger partial charge in [-0.05, 0) is 38.1 Å². The Kier molecular flexibility index (Phi) is 5.30. The molecule has 23 heavy (non-hydrogen) atoms. The summed E-state index contributed by atoms with van der Waals surface area (Å²) in [6, 6.07) is 11.2. The molecule has 2 rings (SSSR count). The Morgan fingerprint density at radius 1 is 1.13 bits per heavy atom. The molecule has 2 aromatic rings. The molecule has 0 unspecified atom stereocenters. The predicted octanol–water partition coefficient (Wildman–Crippen LogP) is 3.78. The summed E-state index contributed by atoms with van der Waals surface area (Å²) in [6.45, 7) is 3.87. The highest BCUT2D eigenvalue weighted by atomic mass is 16.6. The van der Waals surface area contributed by atoms with Crippen LogP contribution in [0.15, 0.2) is 42.5 Å². The van der Waals surface area contributed by atoms with Crippen LogP contribution in [0.2, 0.25) is 0 Å². The molecule has 6 nitrogen and oxygen atoms in total. The third-order valence-electron chi connectivity index (χ3n) is 3.21. The summed E-state index contributed by atoms with van der Waals surface area (Å²) in [6.07, 6.45) is 0. The van der Waals surface area contributed by atoms with E-state index < -0.39 is 4.92 Å². The second kappa shape index (κ2) is 7.40. The van der Waals surface area contributed by atoms with Crippen molar-refractivity contribution in [3.8, 4) is 11.5 Å². The number of para-hydroxylation sites is 2. The van der Waals surface area contributed by atoms with Gasteiger partial charge in [0.1, 0.15) is 12.4 Å². The van der Waals surface area contributed by atoms with E-state index >= 15 is 0 Å². The largest absolute Gasteiger partial charge is 0.493 e. The highest BCUT2D eigenvalue weighted by Gasteiger charge is 2.15. The molecule has 0 N–H and O–H groups in total. The van der Waals surface area contributed by atoms with Gasteiger partial charge in [-0.1, -0.05) is 12.1 Å². The van der Waals surface area contributed by atoms with Gasteiger partial charge in [-0.3, -0.25) is 14.9 Å². The van der Waals surface area contributed by atoms with E-state index in [1.54, 1.807) is 30.3 Å². The predicted molar refractivity (Wildman–Crippen MR) is 85.0 cm³/mol. The molecule has 0 aliphatic heterocycles. The van der Waals surface area contributed by atoms with Gasteiger partial charge in [-0.2, -0.15) is 0 Å². The number of ketones is 1. The quantitative estimate of drug-likeness (QED) is 0.441. The van der Waals surface area contributed by atoms with E-state index in [0.717, 1.165) is 0 Å². The lowest BCUT2D eigenvalue weighted by Gasteiger charge is -2.12. The van der Waals surface area contributed by atoms with Gasteiger partial charge in [-0.25, -0.2) is 0 Å². The fourth-order valence-corrected chi connectivity index (χ4v) is 2.09. The van der Waals surface area contributed by atoms with E-state index in [0.29, 0.717) is 23.5 Å². The normalized spacial score (nSPS) is 10.2. The fraction of sp³-hybridized carbons (Fsp3) is 0.235. The number of nitrogens with zero attached hydrogens (tertiary/aromatic N) is 1. The van der Waals surface area contributed by atoms with E-state index in [4.69, 9.17) is 9.47 Å². The molecule has 2 aromatic carbocycles. The molecular formula is C17H17NO5. The van der Waals surface area contributed by atoms with Crippen LogP contribution in [-0.4, -0.2) is 17.3 Å². The van der Waals surface area contributed by atoms with Crippen molar-refractivity contribution in [1.82, 2.24) is 0 Å². The lowest BCUT2D eigenvalue weighted by molar-refractivity contribution is -0.385. The number of hydrogen-bond acceptors (Lipinski definition) is 5. The Balaban J connectivity index is 2.27. The van der Waals surface area contributed by atoms with Crippen LogP contribution < -0.4 is 9.47 Å². The molecule has 0 heterocycles. The van der Waals surface area contributed by atoms with Gasteiger partial charge in [0.15, 0.2) is 11.5 Å². The summed E-state index contributed by atoms with van der Waals surface area (Å²) in [5, 5.41) is 11.0. The molecule has 0 aromatic heterocycles. The van der Waals surface area contributed by atoms with Gasteiger partial charge >= 0.3 is 5.69 Å². The van der Waals surface area contributed by atoms with Crippen LogP contribution in [0.4, 0.5) is 5.69 Å². The highest BCUT2D eigenvalue weighted by molar-refractivity contribution is 5.94. The summed E-state index contributed by atoms with van der Waals surface area (Å²) in [7, 11) is 0. The van der Waals surface area contributed by atoms with Gasteiger partial charge in [0.25, 0.3) is 0 Å². The molecule has 120 valence electrons. The SMILES string of the molecule is CCOc1ccc(C(C)=O)cc1COc1ccccc1[N+](=O)[O-]. The van der Waals surface area contributed by atoms with Crippen LogP contribution in [0, 0.1) is 10.1 Å². The van der Waals surface area contributed by atoms with Crippen molar-refractivity contribution in [2.24, 2.45) is 0 Å². The first-order valence-electron chi connectivity index (χ1n) is 7.15. The second-order valence-electron chi connectivity index (χ2n) is 4.83. The smallest absolute Gasteiger partial charge is 0.310 e. The summed E-state index contributed by atoms with van der Waals surface area (Å²) < 4.78 is 11.1. The zero-order valence-corrected chi connectivity index (χ0v) is 12.9. The molecule has 0 saturated carbocycles. The minimum absolute atomic E-state index is 0.0695. The summed E-state index contributed by atoms with van der Waals surface area (Å²) in [4.78, 5) is 22.0. The van der Waals surface area contributed by atoms with Crippen LogP contribution in [0.5, 0.6) is 11.5 Å². The number of rotatable bonds is 7. The van der Waals surface area contributed by atoms with Crippen LogP contribution >= 0.6 is 0 Å². The van der Waals surface area contributed by atoms with Gasteiger partial charge in [0.05, 0.1) is 11.5 Å². The molecule has 6 heteroatoms. The van der Waals surface area contributed by atoms with Crippen molar-refractivity contribution < 1.29 is 19.2 Å². The molecule has 0 fully saturated rings. The Labute approximate surface area is 133 Å².